The summed E-state index contributed by atoms with van der Waals surface area (Å²) in [4.78, 5) is 12.5. The Hall–Kier alpha value is -2.19. The number of halogens is 3. The molecule has 0 aliphatic heterocycles. The predicted molar refractivity (Wildman–Crippen MR) is 163 cm³/mol. The first kappa shape index (κ1) is 33.0. The van der Waals surface area contributed by atoms with Gasteiger partial charge in [-0.3, -0.25) is 4.79 Å². The lowest BCUT2D eigenvalue weighted by Crippen LogP contribution is -2.11. The Morgan fingerprint density at radius 3 is 2.10 bits per heavy atom. The maximum atomic E-state index is 12.7. The van der Waals surface area contributed by atoms with Gasteiger partial charge in [0.25, 0.3) is 0 Å². The zero-order chi connectivity index (χ0) is 28.8. The van der Waals surface area contributed by atoms with Gasteiger partial charge in [-0.05, 0) is 91.3 Å². The minimum absolute atomic E-state index is 0.200. The number of rotatable bonds is 18. The summed E-state index contributed by atoms with van der Waals surface area (Å²) in [5.41, 5.74) is 3.83. The van der Waals surface area contributed by atoms with Crippen molar-refractivity contribution in [3.05, 3.63) is 71.3 Å². The van der Waals surface area contributed by atoms with E-state index < -0.39 is 11.7 Å². The molecule has 0 saturated heterocycles. The molecule has 2 atom stereocenters. The van der Waals surface area contributed by atoms with Gasteiger partial charge in [-0.25, -0.2) is 0 Å². The fraction of sp³-hybridized carbons (Fsp3) is 0.529. The van der Waals surface area contributed by atoms with Crippen molar-refractivity contribution in [2.24, 2.45) is 11.8 Å². The fourth-order valence-corrected chi connectivity index (χ4v) is 5.97. The molecule has 214 valence electrons. The van der Waals surface area contributed by atoms with Crippen LogP contribution in [-0.4, -0.2) is 12.1 Å². The lowest BCUT2D eigenvalue weighted by atomic mass is 9.82. The van der Waals surface area contributed by atoms with Gasteiger partial charge in [0.05, 0.1) is 5.56 Å². The molecule has 2 unspecified atom stereocenters. The van der Waals surface area contributed by atoms with E-state index in [1.165, 1.54) is 59.8 Å². The van der Waals surface area contributed by atoms with E-state index in [-0.39, 0.29) is 5.78 Å². The Labute approximate surface area is 236 Å². The molecule has 0 amide bonds. The molecule has 0 fully saturated rings. The fourth-order valence-electron chi connectivity index (χ4n) is 5.48. The first-order valence-corrected chi connectivity index (χ1v) is 15.6. The SMILES string of the molecule is C=Pc1ccc(C(=C)CCC(CCC)CC(CCC)CCCC(=O)CCc2ccc(C(F)(F)F)cc2)cc1C. The van der Waals surface area contributed by atoms with Crippen LogP contribution in [-0.2, 0) is 17.4 Å². The van der Waals surface area contributed by atoms with Crippen LogP contribution < -0.4 is 5.30 Å². The molecule has 0 saturated carbocycles. The largest absolute Gasteiger partial charge is 0.416 e. The lowest BCUT2D eigenvalue weighted by molar-refractivity contribution is -0.137. The zero-order valence-corrected chi connectivity index (χ0v) is 25.0. The van der Waals surface area contributed by atoms with Crippen molar-refractivity contribution in [1.82, 2.24) is 0 Å². The topological polar surface area (TPSA) is 17.1 Å². The molecule has 2 aromatic carbocycles. The van der Waals surface area contributed by atoms with Gasteiger partial charge in [0.15, 0.2) is 0 Å². The van der Waals surface area contributed by atoms with Crippen LogP contribution in [0.5, 0.6) is 0 Å². The second-order valence-corrected chi connectivity index (χ2v) is 11.8. The van der Waals surface area contributed by atoms with Gasteiger partial charge in [0, 0.05) is 18.1 Å². The molecule has 2 rings (SSSR count). The van der Waals surface area contributed by atoms with Crippen molar-refractivity contribution in [2.45, 2.75) is 104 Å². The smallest absolute Gasteiger partial charge is 0.300 e. The molecule has 0 aromatic heterocycles. The number of carbonyl (C=O) groups excluding carboxylic acids is 1. The van der Waals surface area contributed by atoms with Crippen LogP contribution in [0.4, 0.5) is 13.2 Å². The number of allylic oxidation sites excluding steroid dienone is 1. The van der Waals surface area contributed by atoms with Crippen molar-refractivity contribution >= 4 is 31.2 Å². The van der Waals surface area contributed by atoms with E-state index in [1.54, 1.807) is 0 Å². The minimum Gasteiger partial charge on any atom is -0.300 e. The standard InChI is InChI=1S/C34H46F3OP/c1-6-9-28(11-8-12-32(38)21-17-27-15-19-31(20-16-27)34(35,36)37)24-29(10-7-2)14-13-25(3)30-18-22-33(39-5)26(4)23-30/h15-16,18-20,22-23,28-29H,3,5-14,17,21,24H2,1-2,4H3. The molecule has 0 aliphatic rings. The minimum atomic E-state index is -4.33. The van der Waals surface area contributed by atoms with Crippen LogP contribution >= 0.6 is 8.20 Å². The highest BCUT2D eigenvalue weighted by Gasteiger charge is 2.29. The van der Waals surface area contributed by atoms with E-state index in [0.717, 1.165) is 58.0 Å². The highest BCUT2D eigenvalue weighted by atomic mass is 31.1. The monoisotopic (exact) mass is 558 g/mol. The van der Waals surface area contributed by atoms with E-state index in [4.69, 9.17) is 0 Å². The number of Topliss-reactive ketones (excluding diaryl/α,β-unsaturated/α-hetero) is 1. The summed E-state index contributed by atoms with van der Waals surface area (Å²) in [6.07, 6.45) is 11.1. The van der Waals surface area contributed by atoms with Crippen LogP contribution in [0.25, 0.3) is 5.57 Å². The van der Waals surface area contributed by atoms with Gasteiger partial charge in [-0.2, -0.15) is 13.2 Å². The predicted octanol–water partition coefficient (Wildman–Crippen LogP) is 10.4. The summed E-state index contributed by atoms with van der Waals surface area (Å²) in [6.45, 7) is 11.0. The Bertz CT molecular complexity index is 1060. The molecule has 0 aliphatic carbocycles. The maximum absolute atomic E-state index is 12.7. The first-order chi connectivity index (χ1) is 18.6. The van der Waals surface area contributed by atoms with Gasteiger partial charge in [0.1, 0.15) is 5.78 Å². The zero-order valence-electron chi connectivity index (χ0n) is 24.1. The summed E-state index contributed by atoms with van der Waals surface area (Å²) in [6, 6.07) is 11.7. The second-order valence-electron chi connectivity index (χ2n) is 11.0. The normalized spacial score (nSPS) is 13.4. The van der Waals surface area contributed by atoms with E-state index in [2.05, 4.69) is 51.8 Å². The number of aryl methyl sites for hydroxylation is 2. The van der Waals surface area contributed by atoms with Crippen molar-refractivity contribution in [3.8, 4) is 0 Å². The summed E-state index contributed by atoms with van der Waals surface area (Å²) < 4.78 is 38.2. The molecule has 0 radical (unpaired) electrons. The second kappa shape index (κ2) is 16.8. The van der Waals surface area contributed by atoms with Gasteiger partial charge in [-0.15, -0.1) is 0 Å². The lowest BCUT2D eigenvalue weighted by Gasteiger charge is -2.24. The molecule has 39 heavy (non-hydrogen) atoms. The van der Waals surface area contributed by atoms with Gasteiger partial charge in [-0.1, -0.05) is 91.3 Å². The van der Waals surface area contributed by atoms with Crippen LogP contribution in [0.2, 0.25) is 0 Å². The average molecular weight is 559 g/mol. The Morgan fingerprint density at radius 1 is 0.897 bits per heavy atom. The molecule has 0 spiro atoms. The Balaban J connectivity index is 1.81. The Kier molecular flexibility index (Phi) is 14.2. The third-order valence-corrected chi connectivity index (χ3v) is 8.57. The molecular weight excluding hydrogens is 512 g/mol. The highest BCUT2D eigenvalue weighted by molar-refractivity contribution is 7.45. The van der Waals surface area contributed by atoms with E-state index in [9.17, 15) is 18.0 Å². The molecule has 0 bridgehead atoms. The molecule has 0 N–H and O–H groups in total. The molecular formula is C34H46F3OP. The van der Waals surface area contributed by atoms with Crippen molar-refractivity contribution in [2.75, 3.05) is 0 Å². The van der Waals surface area contributed by atoms with Crippen molar-refractivity contribution < 1.29 is 18.0 Å². The molecule has 2 aromatic rings. The van der Waals surface area contributed by atoms with E-state index >= 15 is 0 Å². The molecule has 1 nitrogen and oxygen atoms in total. The van der Waals surface area contributed by atoms with Gasteiger partial charge in [0.2, 0.25) is 0 Å². The quantitative estimate of drug-likeness (QED) is 0.166. The van der Waals surface area contributed by atoms with Crippen LogP contribution in [0, 0.1) is 18.8 Å². The summed E-state index contributed by atoms with van der Waals surface area (Å²) >= 11 is 0. The summed E-state index contributed by atoms with van der Waals surface area (Å²) in [5, 5.41) is 1.26. The van der Waals surface area contributed by atoms with Crippen molar-refractivity contribution in [3.63, 3.8) is 0 Å². The van der Waals surface area contributed by atoms with Crippen LogP contribution in [0.1, 0.15) is 107 Å². The maximum Gasteiger partial charge on any atom is 0.416 e. The number of hydrogen-bond acceptors (Lipinski definition) is 1. The van der Waals surface area contributed by atoms with E-state index in [1.807, 2.05) is 0 Å². The van der Waals surface area contributed by atoms with Gasteiger partial charge < -0.3 is 0 Å². The Morgan fingerprint density at radius 2 is 1.54 bits per heavy atom. The third-order valence-electron chi connectivity index (χ3n) is 7.73. The number of ketones is 1. The average Bonchev–Trinajstić information content (AvgIpc) is 2.90. The van der Waals surface area contributed by atoms with Gasteiger partial charge >= 0.3 is 6.18 Å². The number of hydrogen-bond donors (Lipinski definition) is 0. The first-order valence-electron chi connectivity index (χ1n) is 14.5. The highest BCUT2D eigenvalue weighted by Crippen LogP contribution is 2.32. The number of carbonyl (C=O) groups is 1. The number of alkyl halides is 3. The van der Waals surface area contributed by atoms with Crippen molar-refractivity contribution in [1.29, 1.82) is 0 Å². The molecule has 0 heterocycles. The van der Waals surface area contributed by atoms with Crippen LogP contribution in [0.15, 0.2) is 49.0 Å². The third kappa shape index (κ3) is 11.8. The molecule has 5 heteroatoms. The van der Waals surface area contributed by atoms with E-state index in [0.29, 0.717) is 31.1 Å². The number of benzene rings is 2. The van der Waals surface area contributed by atoms with Crippen LogP contribution in [0.3, 0.4) is 0 Å². The summed E-state index contributed by atoms with van der Waals surface area (Å²) in [5.74, 6) is 1.49. The summed E-state index contributed by atoms with van der Waals surface area (Å²) in [7, 11) is 1.05.